The van der Waals surface area contributed by atoms with Gasteiger partial charge in [0.15, 0.2) is 0 Å². The third-order valence-corrected chi connectivity index (χ3v) is 3.28. The van der Waals surface area contributed by atoms with E-state index >= 15 is 0 Å². The third-order valence-electron chi connectivity index (χ3n) is 3.28. The second kappa shape index (κ2) is 8.42. The standard InChI is InChI=1S/C17H30O4/c1-6-7-8-9-10-11-14-15(12-13(2)19-14)20-16(18)21-17(3,4)5/h7-8,13-15H,6,9-12H2,1-5H3. The maximum Gasteiger partial charge on any atom is 0.509 e. The fourth-order valence-corrected chi connectivity index (χ4v) is 2.42. The van der Waals surface area contributed by atoms with Crippen molar-refractivity contribution in [3.63, 3.8) is 0 Å². The van der Waals surface area contributed by atoms with Crippen molar-refractivity contribution in [1.29, 1.82) is 0 Å². The first-order valence-corrected chi connectivity index (χ1v) is 8.02. The van der Waals surface area contributed by atoms with Crippen molar-refractivity contribution in [3.8, 4) is 0 Å². The van der Waals surface area contributed by atoms with Crippen LogP contribution in [-0.4, -0.2) is 30.1 Å². The van der Waals surface area contributed by atoms with E-state index in [4.69, 9.17) is 14.2 Å². The number of unbranched alkanes of at least 4 members (excludes halogenated alkanes) is 1. The Morgan fingerprint density at radius 1 is 1.33 bits per heavy atom. The first-order chi connectivity index (χ1) is 9.81. The highest BCUT2D eigenvalue weighted by atomic mass is 16.7. The van der Waals surface area contributed by atoms with Crippen LogP contribution >= 0.6 is 0 Å². The van der Waals surface area contributed by atoms with Gasteiger partial charge in [-0.2, -0.15) is 0 Å². The molecular weight excluding hydrogens is 268 g/mol. The zero-order chi connectivity index (χ0) is 15.9. The lowest BCUT2D eigenvalue weighted by molar-refractivity contribution is -0.0490. The van der Waals surface area contributed by atoms with Gasteiger partial charge < -0.3 is 14.2 Å². The van der Waals surface area contributed by atoms with Gasteiger partial charge in [0.05, 0.1) is 12.2 Å². The van der Waals surface area contributed by atoms with Crippen LogP contribution < -0.4 is 0 Å². The predicted molar refractivity (Wildman–Crippen MR) is 83.3 cm³/mol. The summed E-state index contributed by atoms with van der Waals surface area (Å²) in [5.74, 6) is 0. The van der Waals surface area contributed by atoms with E-state index < -0.39 is 11.8 Å². The Kier molecular flexibility index (Phi) is 7.23. The number of rotatable bonds is 6. The fraction of sp³-hybridized carbons (Fsp3) is 0.824. The van der Waals surface area contributed by atoms with Crippen LogP contribution in [0.15, 0.2) is 12.2 Å². The molecule has 3 atom stereocenters. The molecule has 1 fully saturated rings. The molecule has 0 aliphatic carbocycles. The maximum atomic E-state index is 11.8. The molecule has 0 radical (unpaired) electrons. The van der Waals surface area contributed by atoms with Gasteiger partial charge >= 0.3 is 6.16 Å². The minimum atomic E-state index is -0.596. The number of allylic oxidation sites excluding steroid dienone is 2. The van der Waals surface area contributed by atoms with Gasteiger partial charge in [0.25, 0.3) is 0 Å². The van der Waals surface area contributed by atoms with Gasteiger partial charge in [0.2, 0.25) is 0 Å². The fourth-order valence-electron chi connectivity index (χ4n) is 2.42. The van der Waals surface area contributed by atoms with E-state index in [-0.39, 0.29) is 18.3 Å². The molecule has 0 bridgehead atoms. The Balaban J connectivity index is 2.40. The van der Waals surface area contributed by atoms with Crippen LogP contribution in [0.5, 0.6) is 0 Å². The summed E-state index contributed by atoms with van der Waals surface area (Å²) in [5, 5.41) is 0. The van der Waals surface area contributed by atoms with E-state index in [1.165, 1.54) is 0 Å². The Labute approximate surface area is 128 Å². The van der Waals surface area contributed by atoms with E-state index in [2.05, 4.69) is 19.1 Å². The summed E-state index contributed by atoms with van der Waals surface area (Å²) in [4.78, 5) is 11.8. The van der Waals surface area contributed by atoms with Gasteiger partial charge in [-0.3, -0.25) is 0 Å². The minimum Gasteiger partial charge on any atom is -0.429 e. The summed E-state index contributed by atoms with van der Waals surface area (Å²) >= 11 is 0. The van der Waals surface area contributed by atoms with Crippen LogP contribution in [0.1, 0.15) is 66.7 Å². The van der Waals surface area contributed by atoms with Crippen molar-refractivity contribution < 1.29 is 19.0 Å². The van der Waals surface area contributed by atoms with Crippen LogP contribution in [0.3, 0.4) is 0 Å². The molecule has 122 valence electrons. The van der Waals surface area contributed by atoms with Gasteiger partial charge in [0.1, 0.15) is 11.7 Å². The number of ether oxygens (including phenoxy) is 3. The van der Waals surface area contributed by atoms with Crippen LogP contribution in [0.4, 0.5) is 4.79 Å². The quantitative estimate of drug-likeness (QED) is 0.408. The Bertz CT molecular complexity index is 343. The zero-order valence-corrected chi connectivity index (χ0v) is 14.1. The molecule has 1 heterocycles. The smallest absolute Gasteiger partial charge is 0.429 e. The Morgan fingerprint density at radius 2 is 2.05 bits per heavy atom. The molecule has 1 saturated heterocycles. The van der Waals surface area contributed by atoms with Gasteiger partial charge in [-0.1, -0.05) is 19.1 Å². The molecule has 0 spiro atoms. The highest BCUT2D eigenvalue weighted by Gasteiger charge is 2.36. The second-order valence-corrected chi connectivity index (χ2v) is 6.65. The molecule has 0 N–H and O–H groups in total. The first-order valence-electron chi connectivity index (χ1n) is 8.02. The second-order valence-electron chi connectivity index (χ2n) is 6.65. The lowest BCUT2D eigenvalue weighted by Crippen LogP contribution is -2.31. The molecule has 0 amide bonds. The summed E-state index contributed by atoms with van der Waals surface area (Å²) in [6, 6.07) is 0. The van der Waals surface area contributed by atoms with Crippen molar-refractivity contribution in [2.45, 2.75) is 90.6 Å². The van der Waals surface area contributed by atoms with Gasteiger partial charge in [-0.25, -0.2) is 4.79 Å². The van der Waals surface area contributed by atoms with Crippen molar-refractivity contribution >= 4 is 6.16 Å². The summed E-state index contributed by atoms with van der Waals surface area (Å²) in [5.41, 5.74) is -0.525. The monoisotopic (exact) mass is 298 g/mol. The normalized spacial score (nSPS) is 26.2. The van der Waals surface area contributed by atoms with E-state index in [9.17, 15) is 4.79 Å². The van der Waals surface area contributed by atoms with Crippen LogP contribution in [0, 0.1) is 0 Å². The van der Waals surface area contributed by atoms with Gasteiger partial charge in [-0.05, 0) is 53.4 Å². The summed E-state index contributed by atoms with van der Waals surface area (Å²) in [6.45, 7) is 9.64. The number of hydrogen-bond acceptors (Lipinski definition) is 4. The van der Waals surface area contributed by atoms with Crippen LogP contribution in [-0.2, 0) is 14.2 Å². The highest BCUT2D eigenvalue weighted by molar-refractivity contribution is 5.60. The molecule has 0 aromatic carbocycles. The van der Waals surface area contributed by atoms with Crippen LogP contribution in [0.25, 0.3) is 0 Å². The minimum absolute atomic E-state index is 0.0115. The lowest BCUT2D eigenvalue weighted by Gasteiger charge is -2.23. The summed E-state index contributed by atoms with van der Waals surface area (Å²) in [6.07, 6.45) is 8.52. The zero-order valence-electron chi connectivity index (χ0n) is 14.1. The van der Waals surface area contributed by atoms with E-state index in [1.54, 1.807) is 0 Å². The van der Waals surface area contributed by atoms with Gasteiger partial charge in [0, 0.05) is 6.42 Å². The molecule has 21 heavy (non-hydrogen) atoms. The van der Waals surface area contributed by atoms with Crippen molar-refractivity contribution in [2.24, 2.45) is 0 Å². The van der Waals surface area contributed by atoms with Crippen molar-refractivity contribution in [2.75, 3.05) is 0 Å². The topological polar surface area (TPSA) is 44.8 Å². The average molecular weight is 298 g/mol. The van der Waals surface area contributed by atoms with E-state index in [0.717, 1.165) is 32.1 Å². The molecule has 0 aromatic rings. The Hall–Kier alpha value is -1.03. The van der Waals surface area contributed by atoms with E-state index in [1.807, 2.05) is 27.7 Å². The number of carbonyl (C=O) groups is 1. The SMILES string of the molecule is CCC=CCCCC1OC(C)CC1OC(=O)OC(C)(C)C. The molecule has 0 saturated carbocycles. The van der Waals surface area contributed by atoms with Crippen molar-refractivity contribution in [1.82, 2.24) is 0 Å². The average Bonchev–Trinajstić information content (AvgIpc) is 2.66. The third kappa shape index (κ3) is 7.51. The molecular formula is C17H30O4. The Morgan fingerprint density at radius 3 is 2.67 bits per heavy atom. The first kappa shape index (κ1) is 18.0. The summed E-state index contributed by atoms with van der Waals surface area (Å²) in [7, 11) is 0. The lowest BCUT2D eigenvalue weighted by atomic mass is 10.1. The largest absolute Gasteiger partial charge is 0.509 e. The molecule has 3 unspecified atom stereocenters. The molecule has 4 nitrogen and oxygen atoms in total. The predicted octanol–water partition coefficient (Wildman–Crippen LogP) is 4.62. The summed E-state index contributed by atoms with van der Waals surface area (Å²) < 4.78 is 16.5. The molecule has 0 aromatic heterocycles. The van der Waals surface area contributed by atoms with E-state index in [0.29, 0.717) is 0 Å². The van der Waals surface area contributed by atoms with Crippen molar-refractivity contribution in [3.05, 3.63) is 12.2 Å². The molecule has 1 aliphatic heterocycles. The molecule has 4 heteroatoms. The molecule has 1 aliphatic rings. The number of carbonyl (C=O) groups excluding carboxylic acids is 1. The molecule has 1 rings (SSSR count). The number of hydrogen-bond donors (Lipinski definition) is 0. The highest BCUT2D eigenvalue weighted by Crippen LogP contribution is 2.27. The maximum absolute atomic E-state index is 11.8. The van der Waals surface area contributed by atoms with Gasteiger partial charge in [-0.15, -0.1) is 0 Å². The van der Waals surface area contributed by atoms with Crippen LogP contribution in [0.2, 0.25) is 0 Å².